The number of aromatic amines is 1. The summed E-state index contributed by atoms with van der Waals surface area (Å²) in [5.41, 5.74) is 2.75. The first-order valence-corrected chi connectivity index (χ1v) is 12.9. The van der Waals surface area contributed by atoms with Crippen LogP contribution < -0.4 is 9.80 Å². The number of amides is 2. The number of piperazine rings is 1. The minimum absolute atomic E-state index is 0.0356. The van der Waals surface area contributed by atoms with Gasteiger partial charge in [0.1, 0.15) is 0 Å². The van der Waals surface area contributed by atoms with E-state index in [1.165, 1.54) is 22.7 Å². The second-order valence-electron chi connectivity index (χ2n) is 7.84. The van der Waals surface area contributed by atoms with Crippen molar-refractivity contribution >= 4 is 57.5 Å². The number of nitrogens with zero attached hydrogens (tertiary/aromatic N) is 4. The van der Waals surface area contributed by atoms with Gasteiger partial charge in [-0.25, -0.2) is 4.98 Å². The van der Waals surface area contributed by atoms with Gasteiger partial charge in [-0.2, -0.15) is 0 Å². The number of rotatable bonds is 6. The van der Waals surface area contributed by atoms with E-state index in [0.717, 1.165) is 30.2 Å². The van der Waals surface area contributed by atoms with Gasteiger partial charge in [0.05, 0.1) is 32.7 Å². The normalized spacial score (nSPS) is 13.8. The molecule has 5 rings (SSSR count). The molecule has 7 nitrogen and oxygen atoms in total. The molecule has 4 aromatic rings. The third kappa shape index (κ3) is 4.86. The van der Waals surface area contributed by atoms with Crippen molar-refractivity contribution in [1.29, 1.82) is 0 Å². The lowest BCUT2D eigenvalue weighted by Crippen LogP contribution is -2.48. The van der Waals surface area contributed by atoms with Gasteiger partial charge in [-0.05, 0) is 47.8 Å². The van der Waals surface area contributed by atoms with Gasteiger partial charge in [-0.3, -0.25) is 9.59 Å². The smallest absolute Gasteiger partial charge is 0.268 e. The lowest BCUT2D eigenvalue weighted by atomic mass is 10.2. The molecule has 3 aromatic heterocycles. The number of imidazole rings is 1. The van der Waals surface area contributed by atoms with Crippen molar-refractivity contribution in [2.45, 2.75) is 6.54 Å². The number of thiophene rings is 2. The van der Waals surface area contributed by atoms with Crippen molar-refractivity contribution in [3.8, 4) is 0 Å². The Bertz CT molecular complexity index is 1250. The van der Waals surface area contributed by atoms with Crippen molar-refractivity contribution < 1.29 is 9.59 Å². The summed E-state index contributed by atoms with van der Waals surface area (Å²) in [6.07, 6.45) is 3.34. The second-order valence-corrected chi connectivity index (χ2v) is 10.5. The molecule has 1 aliphatic rings. The van der Waals surface area contributed by atoms with Crippen molar-refractivity contribution in [3.05, 3.63) is 86.2 Å². The summed E-state index contributed by atoms with van der Waals surface area (Å²) in [4.78, 5) is 40.3. The Morgan fingerprint density at radius 3 is 2.44 bits per heavy atom. The minimum atomic E-state index is -0.0434. The van der Waals surface area contributed by atoms with Crippen LogP contribution in [0.25, 0.3) is 0 Å². The fraction of sp³-hybridized carbons (Fsp3) is 0.208. The molecule has 1 aromatic carbocycles. The highest BCUT2D eigenvalue weighted by Gasteiger charge is 2.24. The van der Waals surface area contributed by atoms with E-state index in [2.05, 4.69) is 14.9 Å². The van der Waals surface area contributed by atoms with E-state index in [1.807, 2.05) is 46.7 Å². The topological polar surface area (TPSA) is 72.5 Å². The zero-order valence-electron chi connectivity index (χ0n) is 18.2. The van der Waals surface area contributed by atoms with Gasteiger partial charge < -0.3 is 19.7 Å². The highest BCUT2D eigenvalue weighted by molar-refractivity contribution is 7.18. The van der Waals surface area contributed by atoms with Gasteiger partial charge in [0, 0.05) is 43.8 Å². The predicted molar refractivity (Wildman–Crippen MR) is 137 cm³/mol. The maximum absolute atomic E-state index is 13.2. The number of aromatic nitrogens is 2. The summed E-state index contributed by atoms with van der Waals surface area (Å²) in [6.45, 7) is 3.20. The SMILES string of the molecule is O=C(c1ccc(Cl)s1)N1CCN(c2ccc(N(Cc3cnc[nH]3)C(=O)c3cccs3)cc2)CC1. The number of H-pyrrole nitrogens is 1. The quantitative estimate of drug-likeness (QED) is 0.395. The number of carbonyl (C=O) groups excluding carboxylic acids is 2. The Balaban J connectivity index is 1.27. The largest absolute Gasteiger partial charge is 0.368 e. The number of benzene rings is 1. The summed E-state index contributed by atoms with van der Waals surface area (Å²) < 4.78 is 0.626. The zero-order chi connectivity index (χ0) is 23.5. The molecule has 0 saturated carbocycles. The Hall–Kier alpha value is -3.14. The molecule has 2 amide bonds. The number of halogens is 1. The van der Waals surface area contributed by atoms with Gasteiger partial charge in [-0.1, -0.05) is 17.7 Å². The third-order valence-corrected chi connectivity index (χ3v) is 7.81. The van der Waals surface area contributed by atoms with Gasteiger partial charge in [-0.15, -0.1) is 22.7 Å². The average Bonchev–Trinajstić information content (AvgIpc) is 3.65. The van der Waals surface area contributed by atoms with Crippen LogP contribution in [0.15, 0.2) is 66.4 Å². The molecule has 10 heteroatoms. The lowest BCUT2D eigenvalue weighted by Gasteiger charge is -2.36. The van der Waals surface area contributed by atoms with Crippen LogP contribution >= 0.6 is 34.3 Å². The maximum Gasteiger partial charge on any atom is 0.268 e. The number of hydrogen-bond acceptors (Lipinski definition) is 6. The highest BCUT2D eigenvalue weighted by atomic mass is 35.5. The molecular formula is C24H22ClN5O2S2. The Morgan fingerprint density at radius 2 is 1.82 bits per heavy atom. The summed E-state index contributed by atoms with van der Waals surface area (Å²) in [7, 11) is 0. The standard InChI is InChI=1S/C24H22ClN5O2S2/c25-22-8-7-21(34-22)23(31)29-11-9-28(10-12-29)18-3-5-19(6-4-18)30(15-17-14-26-16-27-17)24(32)20-2-1-13-33-20/h1-8,13-14,16H,9-12,15H2,(H,26,27). The van der Waals surface area contributed by atoms with Crippen LogP contribution in [0, 0.1) is 0 Å². The number of carbonyl (C=O) groups is 2. The maximum atomic E-state index is 13.2. The fourth-order valence-electron chi connectivity index (χ4n) is 3.95. The van der Waals surface area contributed by atoms with E-state index >= 15 is 0 Å². The molecule has 0 unspecified atom stereocenters. The molecule has 0 spiro atoms. The van der Waals surface area contributed by atoms with Crippen LogP contribution in [-0.2, 0) is 6.54 Å². The second kappa shape index (κ2) is 10.0. The fourth-order valence-corrected chi connectivity index (χ4v) is 5.63. The Labute approximate surface area is 210 Å². The van der Waals surface area contributed by atoms with E-state index < -0.39 is 0 Å². The summed E-state index contributed by atoms with van der Waals surface area (Å²) >= 11 is 8.73. The molecular weight excluding hydrogens is 490 g/mol. The molecule has 1 fully saturated rings. The third-order valence-electron chi connectivity index (χ3n) is 5.74. The zero-order valence-corrected chi connectivity index (χ0v) is 20.6. The van der Waals surface area contributed by atoms with Crippen LogP contribution in [0.5, 0.6) is 0 Å². The molecule has 4 heterocycles. The van der Waals surface area contributed by atoms with Gasteiger partial charge in [0.15, 0.2) is 0 Å². The number of hydrogen-bond donors (Lipinski definition) is 1. The van der Waals surface area contributed by atoms with Crippen molar-refractivity contribution in [3.63, 3.8) is 0 Å². The van der Waals surface area contributed by atoms with Crippen molar-refractivity contribution in [2.24, 2.45) is 0 Å². The van der Waals surface area contributed by atoms with Gasteiger partial charge in [0.25, 0.3) is 11.8 Å². The molecule has 1 aliphatic heterocycles. The molecule has 1 N–H and O–H groups in total. The first-order chi connectivity index (χ1) is 16.6. The van der Waals surface area contributed by atoms with E-state index in [1.54, 1.807) is 29.6 Å². The van der Waals surface area contributed by atoms with Gasteiger partial charge >= 0.3 is 0 Å². The summed E-state index contributed by atoms with van der Waals surface area (Å²) in [5.74, 6) is -0.00778. The molecule has 0 aliphatic carbocycles. The van der Waals surface area contributed by atoms with Crippen LogP contribution in [0.4, 0.5) is 11.4 Å². The average molecular weight is 512 g/mol. The number of nitrogens with one attached hydrogen (secondary N) is 1. The minimum Gasteiger partial charge on any atom is -0.368 e. The lowest BCUT2D eigenvalue weighted by molar-refractivity contribution is 0.0751. The Kier molecular flexibility index (Phi) is 6.66. The first-order valence-electron chi connectivity index (χ1n) is 10.8. The van der Waals surface area contributed by atoms with Crippen LogP contribution in [-0.4, -0.2) is 52.9 Å². The summed E-state index contributed by atoms with van der Waals surface area (Å²) in [5, 5.41) is 1.90. The van der Waals surface area contributed by atoms with Crippen LogP contribution in [0.3, 0.4) is 0 Å². The van der Waals surface area contributed by atoms with E-state index in [0.29, 0.717) is 33.7 Å². The first kappa shape index (κ1) is 22.6. The molecule has 174 valence electrons. The monoisotopic (exact) mass is 511 g/mol. The van der Waals surface area contributed by atoms with Crippen molar-refractivity contribution in [2.75, 3.05) is 36.0 Å². The van der Waals surface area contributed by atoms with Crippen LogP contribution in [0.1, 0.15) is 25.0 Å². The van der Waals surface area contributed by atoms with Gasteiger partial charge in [0.2, 0.25) is 0 Å². The Morgan fingerprint density at radius 1 is 1.03 bits per heavy atom. The van der Waals surface area contributed by atoms with Crippen molar-refractivity contribution in [1.82, 2.24) is 14.9 Å². The van der Waals surface area contributed by atoms with Crippen LogP contribution in [0.2, 0.25) is 4.34 Å². The van der Waals surface area contributed by atoms with E-state index in [9.17, 15) is 9.59 Å². The van der Waals surface area contributed by atoms with E-state index in [-0.39, 0.29) is 11.8 Å². The number of anilines is 2. The summed E-state index contributed by atoms with van der Waals surface area (Å²) in [6, 6.07) is 15.3. The molecule has 0 radical (unpaired) electrons. The molecule has 0 bridgehead atoms. The molecule has 0 atom stereocenters. The molecule has 34 heavy (non-hydrogen) atoms. The van der Waals surface area contributed by atoms with E-state index in [4.69, 9.17) is 11.6 Å². The predicted octanol–water partition coefficient (Wildman–Crippen LogP) is 5.00. The highest BCUT2D eigenvalue weighted by Crippen LogP contribution is 2.27. The molecule has 1 saturated heterocycles.